The summed E-state index contributed by atoms with van der Waals surface area (Å²) in [5.74, 6) is 0.594. The normalized spacial score (nSPS) is 16.2. The Morgan fingerprint density at radius 2 is 2.13 bits per heavy atom. The van der Waals surface area contributed by atoms with E-state index in [1.165, 1.54) is 19.2 Å². The first-order valence-electron chi connectivity index (χ1n) is 9.97. The van der Waals surface area contributed by atoms with Crippen LogP contribution in [0.4, 0.5) is 4.39 Å². The van der Waals surface area contributed by atoms with E-state index in [-0.39, 0.29) is 17.8 Å². The van der Waals surface area contributed by atoms with Crippen LogP contribution < -0.4 is 9.47 Å². The molecule has 1 aromatic heterocycles. The lowest BCUT2D eigenvalue weighted by atomic mass is 10.1. The van der Waals surface area contributed by atoms with Crippen LogP contribution in [-0.2, 0) is 4.74 Å². The summed E-state index contributed by atoms with van der Waals surface area (Å²) in [5, 5.41) is 1.59. The minimum atomic E-state index is -0.387. The molecule has 1 amide bonds. The third kappa shape index (κ3) is 4.51. The second-order valence-electron chi connectivity index (χ2n) is 7.18. The number of amides is 1. The Morgan fingerprint density at radius 3 is 2.94 bits per heavy atom. The molecule has 160 valence electrons. The van der Waals surface area contributed by atoms with E-state index in [1.54, 1.807) is 41.4 Å². The van der Waals surface area contributed by atoms with Crippen molar-refractivity contribution in [1.82, 2.24) is 9.88 Å². The number of benzene rings is 2. The van der Waals surface area contributed by atoms with Gasteiger partial charge in [0.1, 0.15) is 18.5 Å². The van der Waals surface area contributed by atoms with Crippen molar-refractivity contribution in [3.63, 3.8) is 0 Å². The van der Waals surface area contributed by atoms with Crippen molar-refractivity contribution in [2.75, 3.05) is 33.4 Å². The topological polar surface area (TPSA) is 60.9 Å². The Labute approximate surface area is 179 Å². The maximum Gasteiger partial charge on any atom is 0.254 e. The summed E-state index contributed by atoms with van der Waals surface area (Å²) in [6, 6.07) is 11.5. The van der Waals surface area contributed by atoms with Crippen molar-refractivity contribution in [1.29, 1.82) is 0 Å². The molecule has 6 nitrogen and oxygen atoms in total. The SMILES string of the molecule is C=CCOc1ccc(C(=O)N2CCOC(c3cc4cc(F)ccc4cn3)C2)cc1OC. The lowest BCUT2D eigenvalue weighted by molar-refractivity contribution is -0.0246. The van der Waals surface area contributed by atoms with E-state index in [2.05, 4.69) is 11.6 Å². The Balaban J connectivity index is 1.53. The minimum absolute atomic E-state index is 0.131. The van der Waals surface area contributed by atoms with Crippen LogP contribution in [0.1, 0.15) is 22.2 Å². The number of morpholine rings is 1. The molecular formula is C24H23FN2O4. The Kier molecular flexibility index (Phi) is 6.13. The molecule has 0 bridgehead atoms. The second-order valence-corrected chi connectivity index (χ2v) is 7.18. The average Bonchev–Trinajstić information content (AvgIpc) is 2.81. The van der Waals surface area contributed by atoms with Crippen LogP contribution in [-0.4, -0.2) is 49.2 Å². The number of rotatable bonds is 6. The van der Waals surface area contributed by atoms with Crippen LogP contribution >= 0.6 is 0 Å². The number of hydrogen-bond acceptors (Lipinski definition) is 5. The summed E-state index contributed by atoms with van der Waals surface area (Å²) in [6.45, 7) is 5.18. The number of fused-ring (bicyclic) bond motifs is 1. The van der Waals surface area contributed by atoms with Gasteiger partial charge in [-0.25, -0.2) is 4.39 Å². The number of halogens is 1. The molecule has 0 aliphatic carbocycles. The first-order valence-corrected chi connectivity index (χ1v) is 9.97. The highest BCUT2D eigenvalue weighted by Gasteiger charge is 2.27. The molecule has 0 N–H and O–H groups in total. The highest BCUT2D eigenvalue weighted by Crippen LogP contribution is 2.30. The molecule has 1 aliphatic heterocycles. The molecule has 1 atom stereocenters. The maximum absolute atomic E-state index is 13.6. The lowest BCUT2D eigenvalue weighted by Gasteiger charge is -2.33. The molecule has 7 heteroatoms. The third-order valence-electron chi connectivity index (χ3n) is 5.16. The fraction of sp³-hybridized carbons (Fsp3) is 0.250. The first-order chi connectivity index (χ1) is 15.1. The maximum atomic E-state index is 13.6. The van der Waals surface area contributed by atoms with Crippen molar-refractivity contribution in [2.24, 2.45) is 0 Å². The molecule has 1 unspecified atom stereocenters. The van der Waals surface area contributed by atoms with Crippen molar-refractivity contribution in [3.8, 4) is 11.5 Å². The predicted molar refractivity (Wildman–Crippen MR) is 115 cm³/mol. The summed E-state index contributed by atoms with van der Waals surface area (Å²) in [6.07, 6.45) is 2.95. The van der Waals surface area contributed by atoms with E-state index >= 15 is 0 Å². The van der Waals surface area contributed by atoms with Gasteiger partial charge in [0.15, 0.2) is 11.5 Å². The molecule has 2 heterocycles. The zero-order valence-corrected chi connectivity index (χ0v) is 17.2. The van der Waals surface area contributed by atoms with Gasteiger partial charge in [-0.05, 0) is 47.9 Å². The number of hydrogen-bond donors (Lipinski definition) is 0. The molecule has 1 saturated heterocycles. The van der Waals surface area contributed by atoms with Gasteiger partial charge in [0.2, 0.25) is 0 Å². The van der Waals surface area contributed by atoms with Crippen molar-refractivity contribution in [2.45, 2.75) is 6.10 Å². The molecule has 0 spiro atoms. The number of aromatic nitrogens is 1. The van der Waals surface area contributed by atoms with E-state index in [0.29, 0.717) is 49.1 Å². The number of methoxy groups -OCH3 is 1. The van der Waals surface area contributed by atoms with E-state index in [0.717, 1.165) is 10.8 Å². The van der Waals surface area contributed by atoms with Gasteiger partial charge in [0, 0.05) is 23.7 Å². The molecule has 0 radical (unpaired) electrons. The number of ether oxygens (including phenoxy) is 3. The second kappa shape index (κ2) is 9.14. The van der Waals surface area contributed by atoms with Crippen LogP contribution in [0.15, 0.2) is 61.3 Å². The molecule has 4 rings (SSSR count). The molecule has 0 saturated carbocycles. The largest absolute Gasteiger partial charge is 0.493 e. The standard InChI is InChI=1S/C24H23FN2O4/c1-3-9-30-21-7-5-16(13-22(21)29-2)24(28)27-8-10-31-23(15-27)20-12-18-11-19(25)6-4-17(18)14-26-20/h3-7,11-14,23H,1,8-10,15H2,2H3. The Hall–Kier alpha value is -3.45. The smallest absolute Gasteiger partial charge is 0.254 e. The van der Waals surface area contributed by atoms with E-state index in [4.69, 9.17) is 14.2 Å². The number of pyridine rings is 1. The Morgan fingerprint density at radius 1 is 1.26 bits per heavy atom. The van der Waals surface area contributed by atoms with Gasteiger partial charge in [-0.3, -0.25) is 9.78 Å². The Bertz CT molecular complexity index is 1120. The van der Waals surface area contributed by atoms with Gasteiger partial charge in [-0.2, -0.15) is 0 Å². The lowest BCUT2D eigenvalue weighted by Crippen LogP contribution is -2.42. The van der Waals surface area contributed by atoms with E-state index in [1.807, 2.05) is 6.07 Å². The molecule has 3 aromatic rings. The highest BCUT2D eigenvalue weighted by molar-refractivity contribution is 5.95. The highest BCUT2D eigenvalue weighted by atomic mass is 19.1. The van der Waals surface area contributed by atoms with Crippen LogP contribution in [0, 0.1) is 5.82 Å². The van der Waals surface area contributed by atoms with Gasteiger partial charge in [-0.1, -0.05) is 12.7 Å². The van der Waals surface area contributed by atoms with Crippen LogP contribution in [0.3, 0.4) is 0 Å². The van der Waals surface area contributed by atoms with Gasteiger partial charge in [-0.15, -0.1) is 0 Å². The molecule has 31 heavy (non-hydrogen) atoms. The van der Waals surface area contributed by atoms with Gasteiger partial charge in [0.05, 0.1) is 26.0 Å². The fourth-order valence-electron chi connectivity index (χ4n) is 3.57. The summed E-state index contributed by atoms with van der Waals surface area (Å²) in [4.78, 5) is 19.3. The summed E-state index contributed by atoms with van der Waals surface area (Å²) in [5.41, 5.74) is 1.17. The summed E-state index contributed by atoms with van der Waals surface area (Å²) in [7, 11) is 1.53. The van der Waals surface area contributed by atoms with Crippen LogP contribution in [0.2, 0.25) is 0 Å². The fourth-order valence-corrected chi connectivity index (χ4v) is 3.57. The zero-order chi connectivity index (χ0) is 21.8. The molecule has 2 aromatic carbocycles. The van der Waals surface area contributed by atoms with Crippen molar-refractivity contribution >= 4 is 16.7 Å². The van der Waals surface area contributed by atoms with E-state index < -0.39 is 0 Å². The molecular weight excluding hydrogens is 399 g/mol. The summed E-state index contributed by atoms with van der Waals surface area (Å²) < 4.78 is 30.4. The third-order valence-corrected chi connectivity index (χ3v) is 5.16. The number of nitrogens with zero attached hydrogens (tertiary/aromatic N) is 2. The molecule has 1 fully saturated rings. The van der Waals surface area contributed by atoms with E-state index in [9.17, 15) is 9.18 Å². The zero-order valence-electron chi connectivity index (χ0n) is 17.2. The van der Waals surface area contributed by atoms with Gasteiger partial charge in [0.25, 0.3) is 5.91 Å². The number of carbonyl (C=O) groups excluding carboxylic acids is 1. The van der Waals surface area contributed by atoms with Gasteiger partial charge < -0.3 is 19.1 Å². The average molecular weight is 422 g/mol. The van der Waals surface area contributed by atoms with Crippen LogP contribution in [0.25, 0.3) is 10.8 Å². The monoisotopic (exact) mass is 422 g/mol. The number of carbonyl (C=O) groups is 1. The molecule has 1 aliphatic rings. The minimum Gasteiger partial charge on any atom is -0.493 e. The summed E-state index contributed by atoms with van der Waals surface area (Å²) >= 11 is 0. The van der Waals surface area contributed by atoms with Crippen LogP contribution in [0.5, 0.6) is 11.5 Å². The first kappa shape index (κ1) is 20.8. The van der Waals surface area contributed by atoms with Crippen molar-refractivity contribution < 1.29 is 23.4 Å². The van der Waals surface area contributed by atoms with Gasteiger partial charge >= 0.3 is 0 Å². The van der Waals surface area contributed by atoms with Crippen molar-refractivity contribution in [3.05, 3.63) is 78.4 Å². The quantitative estimate of drug-likeness (QED) is 0.558. The predicted octanol–water partition coefficient (Wildman–Crippen LogP) is 4.16.